The Labute approximate surface area is 169 Å². The monoisotopic (exact) mass is 389 g/mol. The van der Waals surface area contributed by atoms with Crippen LogP contribution in [0.15, 0.2) is 66.7 Å². The lowest BCUT2D eigenvalue weighted by molar-refractivity contribution is 0.0949. The topological polar surface area (TPSA) is 80.3 Å². The minimum Gasteiger partial charge on any atom is -0.497 e. The van der Waals surface area contributed by atoms with Crippen LogP contribution in [0.1, 0.15) is 32.1 Å². The summed E-state index contributed by atoms with van der Waals surface area (Å²) in [6.45, 7) is 2.44. The summed E-state index contributed by atoms with van der Waals surface area (Å²) in [6.07, 6.45) is 0.684. The molecule has 2 amide bonds. The third-order valence-electron chi connectivity index (χ3n) is 4.38. The van der Waals surface area contributed by atoms with Crippen LogP contribution >= 0.6 is 0 Å². The highest BCUT2D eigenvalue weighted by molar-refractivity contribution is 6.03. The molecule has 1 heterocycles. The van der Waals surface area contributed by atoms with Crippen molar-refractivity contribution < 1.29 is 14.3 Å². The fourth-order valence-corrected chi connectivity index (χ4v) is 2.72. The molecule has 1 aromatic heterocycles. The van der Waals surface area contributed by atoms with E-state index in [1.807, 2.05) is 55.5 Å². The van der Waals surface area contributed by atoms with E-state index < -0.39 is 0 Å². The first-order valence-electron chi connectivity index (χ1n) is 9.31. The molecule has 0 spiro atoms. The molecule has 0 atom stereocenters. The number of methoxy groups -OCH3 is 1. The molecule has 0 aliphatic carbocycles. The Bertz CT molecular complexity index is 983. The van der Waals surface area contributed by atoms with E-state index in [4.69, 9.17) is 4.74 Å². The van der Waals surface area contributed by atoms with Gasteiger partial charge in [0, 0.05) is 12.2 Å². The van der Waals surface area contributed by atoms with Gasteiger partial charge in [-0.3, -0.25) is 9.59 Å². The Morgan fingerprint density at radius 1 is 0.897 bits per heavy atom. The van der Waals surface area contributed by atoms with Crippen LogP contribution in [0.5, 0.6) is 5.75 Å². The highest BCUT2D eigenvalue weighted by Gasteiger charge is 2.12. The van der Waals surface area contributed by atoms with E-state index in [-0.39, 0.29) is 23.2 Å². The number of ether oxygens (including phenoxy) is 1. The predicted molar refractivity (Wildman–Crippen MR) is 112 cm³/mol. The van der Waals surface area contributed by atoms with Crippen molar-refractivity contribution in [3.05, 3.63) is 89.2 Å². The average molecular weight is 389 g/mol. The second-order valence-corrected chi connectivity index (χ2v) is 6.58. The SMILES string of the molecule is COc1ccc(CCNC(=O)c2cccc(C(=O)Nc3ccc(C)cc3)n2)cc1. The predicted octanol–water partition coefficient (Wildman–Crippen LogP) is 3.62. The molecule has 0 unspecified atom stereocenters. The van der Waals surface area contributed by atoms with Crippen molar-refractivity contribution in [2.24, 2.45) is 0 Å². The molecular formula is C23H23N3O3. The zero-order valence-corrected chi connectivity index (χ0v) is 16.4. The maximum Gasteiger partial charge on any atom is 0.274 e. The maximum atomic E-state index is 12.4. The summed E-state index contributed by atoms with van der Waals surface area (Å²) in [5.41, 5.74) is 3.26. The van der Waals surface area contributed by atoms with Gasteiger partial charge in [-0.2, -0.15) is 0 Å². The van der Waals surface area contributed by atoms with Gasteiger partial charge < -0.3 is 15.4 Å². The third-order valence-corrected chi connectivity index (χ3v) is 4.38. The van der Waals surface area contributed by atoms with Gasteiger partial charge in [0.2, 0.25) is 0 Å². The molecule has 0 aliphatic heterocycles. The van der Waals surface area contributed by atoms with E-state index in [2.05, 4.69) is 15.6 Å². The van der Waals surface area contributed by atoms with E-state index in [1.54, 1.807) is 25.3 Å². The summed E-state index contributed by atoms with van der Waals surface area (Å²) >= 11 is 0. The van der Waals surface area contributed by atoms with Crippen molar-refractivity contribution in [1.82, 2.24) is 10.3 Å². The average Bonchev–Trinajstić information content (AvgIpc) is 2.76. The summed E-state index contributed by atoms with van der Waals surface area (Å²) in [4.78, 5) is 29.0. The molecule has 2 aromatic carbocycles. The summed E-state index contributed by atoms with van der Waals surface area (Å²) < 4.78 is 5.13. The third kappa shape index (κ3) is 5.65. The number of benzene rings is 2. The number of aryl methyl sites for hydroxylation is 1. The van der Waals surface area contributed by atoms with Crippen LogP contribution in [0.3, 0.4) is 0 Å². The number of nitrogens with one attached hydrogen (secondary N) is 2. The number of hydrogen-bond acceptors (Lipinski definition) is 4. The Hall–Kier alpha value is -3.67. The van der Waals surface area contributed by atoms with E-state index in [9.17, 15) is 9.59 Å². The second-order valence-electron chi connectivity index (χ2n) is 6.58. The standard InChI is InChI=1S/C23H23N3O3/c1-16-6-10-18(11-7-16)25-23(28)21-5-3-4-20(26-21)22(27)24-15-14-17-8-12-19(29-2)13-9-17/h3-13H,14-15H2,1-2H3,(H,24,27)(H,25,28). The van der Waals surface area contributed by atoms with Crippen molar-refractivity contribution in [3.63, 3.8) is 0 Å². The van der Waals surface area contributed by atoms with Gasteiger partial charge in [0.1, 0.15) is 17.1 Å². The van der Waals surface area contributed by atoms with Crippen LogP contribution in [-0.2, 0) is 6.42 Å². The Kier molecular flexibility index (Phi) is 6.58. The fraction of sp³-hybridized carbons (Fsp3) is 0.174. The number of rotatable bonds is 7. The zero-order valence-electron chi connectivity index (χ0n) is 16.4. The highest BCUT2D eigenvalue weighted by atomic mass is 16.5. The van der Waals surface area contributed by atoms with Gasteiger partial charge in [0.15, 0.2) is 0 Å². The summed E-state index contributed by atoms with van der Waals surface area (Å²) in [5.74, 6) is 0.118. The Morgan fingerprint density at radius 3 is 2.21 bits per heavy atom. The fourth-order valence-electron chi connectivity index (χ4n) is 2.72. The number of carbonyl (C=O) groups is 2. The first kappa shape index (κ1) is 20.1. The second kappa shape index (κ2) is 9.50. The van der Waals surface area contributed by atoms with E-state index in [1.165, 1.54) is 0 Å². The minimum absolute atomic E-state index is 0.188. The molecule has 3 aromatic rings. The lowest BCUT2D eigenvalue weighted by atomic mass is 10.1. The largest absolute Gasteiger partial charge is 0.497 e. The Balaban J connectivity index is 1.56. The first-order chi connectivity index (χ1) is 14.0. The number of aromatic nitrogens is 1. The molecule has 6 heteroatoms. The van der Waals surface area contributed by atoms with E-state index in [0.29, 0.717) is 18.7 Å². The molecule has 0 saturated heterocycles. The number of pyridine rings is 1. The molecule has 148 valence electrons. The Morgan fingerprint density at radius 2 is 1.55 bits per heavy atom. The first-order valence-corrected chi connectivity index (χ1v) is 9.31. The number of amides is 2. The van der Waals surface area contributed by atoms with Crippen LogP contribution in [0.4, 0.5) is 5.69 Å². The van der Waals surface area contributed by atoms with Gasteiger partial charge in [-0.1, -0.05) is 35.9 Å². The number of anilines is 1. The minimum atomic E-state index is -0.360. The zero-order chi connectivity index (χ0) is 20.6. The molecule has 6 nitrogen and oxygen atoms in total. The number of carbonyl (C=O) groups excluding carboxylic acids is 2. The van der Waals surface area contributed by atoms with Crippen LogP contribution in [0, 0.1) is 6.92 Å². The van der Waals surface area contributed by atoms with Gasteiger partial charge in [-0.25, -0.2) is 4.98 Å². The van der Waals surface area contributed by atoms with Gasteiger partial charge in [-0.05, 0) is 55.3 Å². The normalized spacial score (nSPS) is 10.3. The van der Waals surface area contributed by atoms with Gasteiger partial charge in [-0.15, -0.1) is 0 Å². The molecule has 29 heavy (non-hydrogen) atoms. The van der Waals surface area contributed by atoms with E-state index in [0.717, 1.165) is 16.9 Å². The number of nitrogens with zero attached hydrogens (tertiary/aromatic N) is 1. The lowest BCUT2D eigenvalue weighted by Crippen LogP contribution is -2.27. The van der Waals surface area contributed by atoms with Gasteiger partial charge in [0.25, 0.3) is 11.8 Å². The van der Waals surface area contributed by atoms with Crippen molar-refractivity contribution in [2.45, 2.75) is 13.3 Å². The van der Waals surface area contributed by atoms with Crippen molar-refractivity contribution in [3.8, 4) is 5.75 Å². The molecule has 0 fully saturated rings. The van der Waals surface area contributed by atoms with Crippen LogP contribution < -0.4 is 15.4 Å². The molecule has 0 saturated carbocycles. The molecule has 0 bridgehead atoms. The van der Waals surface area contributed by atoms with Crippen LogP contribution in [0.25, 0.3) is 0 Å². The van der Waals surface area contributed by atoms with Crippen LogP contribution in [0.2, 0.25) is 0 Å². The van der Waals surface area contributed by atoms with Crippen LogP contribution in [-0.4, -0.2) is 30.5 Å². The maximum absolute atomic E-state index is 12.4. The molecular weight excluding hydrogens is 366 g/mol. The molecule has 3 rings (SSSR count). The summed E-state index contributed by atoms with van der Waals surface area (Å²) in [5, 5.41) is 5.62. The summed E-state index contributed by atoms with van der Waals surface area (Å²) in [6, 6.07) is 20.0. The summed E-state index contributed by atoms with van der Waals surface area (Å²) in [7, 11) is 1.62. The molecule has 2 N–H and O–H groups in total. The molecule has 0 aliphatic rings. The smallest absolute Gasteiger partial charge is 0.274 e. The quantitative estimate of drug-likeness (QED) is 0.647. The highest BCUT2D eigenvalue weighted by Crippen LogP contribution is 2.12. The lowest BCUT2D eigenvalue weighted by Gasteiger charge is -2.08. The van der Waals surface area contributed by atoms with Crippen molar-refractivity contribution in [2.75, 3.05) is 19.0 Å². The van der Waals surface area contributed by atoms with Crippen molar-refractivity contribution in [1.29, 1.82) is 0 Å². The van der Waals surface area contributed by atoms with Gasteiger partial charge in [0.05, 0.1) is 7.11 Å². The molecule has 0 radical (unpaired) electrons. The van der Waals surface area contributed by atoms with E-state index >= 15 is 0 Å². The van der Waals surface area contributed by atoms with Gasteiger partial charge >= 0.3 is 0 Å². The number of hydrogen-bond donors (Lipinski definition) is 2. The van der Waals surface area contributed by atoms with Crippen molar-refractivity contribution >= 4 is 17.5 Å².